The van der Waals surface area contributed by atoms with Gasteiger partial charge in [-0.2, -0.15) is 0 Å². The fourth-order valence-electron chi connectivity index (χ4n) is 5.68. The van der Waals surface area contributed by atoms with Gasteiger partial charge in [0.05, 0.1) is 6.04 Å². The largest absolute Gasteiger partial charge is 0.480 e. The van der Waals surface area contributed by atoms with E-state index in [1.165, 1.54) is 4.90 Å². The molecule has 1 saturated carbocycles. The quantitative estimate of drug-likeness (QED) is 0.281. The van der Waals surface area contributed by atoms with E-state index >= 15 is 0 Å². The van der Waals surface area contributed by atoms with Crippen LogP contribution in [0.25, 0.3) is 0 Å². The first kappa shape index (κ1) is 33.5. The van der Waals surface area contributed by atoms with Crippen LogP contribution in [0.1, 0.15) is 83.8 Å². The normalized spacial score (nSPS) is 18.4. The topological polar surface area (TPSA) is 171 Å². The van der Waals surface area contributed by atoms with Crippen molar-refractivity contribution in [1.82, 2.24) is 20.9 Å². The van der Waals surface area contributed by atoms with E-state index in [9.17, 15) is 28.8 Å². The van der Waals surface area contributed by atoms with Gasteiger partial charge in [0.15, 0.2) is 0 Å². The van der Waals surface area contributed by atoms with Crippen LogP contribution in [0.3, 0.4) is 0 Å². The first-order valence-electron chi connectivity index (χ1n) is 15.0. The molecule has 0 aromatic heterocycles. The average molecular weight is 601 g/mol. The summed E-state index contributed by atoms with van der Waals surface area (Å²) in [4.78, 5) is 78.5. The molecule has 12 nitrogen and oxygen atoms in total. The number of Topliss-reactive ketones (excluding diaryl/α,β-unsaturated/α-hetero) is 1. The summed E-state index contributed by atoms with van der Waals surface area (Å²) in [5, 5.41) is 16.3. The summed E-state index contributed by atoms with van der Waals surface area (Å²) in [5.41, 5.74) is 0.973. The van der Waals surface area contributed by atoms with Crippen molar-refractivity contribution in [3.8, 4) is 0 Å². The highest BCUT2D eigenvalue weighted by molar-refractivity contribution is 6.38. The van der Waals surface area contributed by atoms with Gasteiger partial charge in [0, 0.05) is 13.0 Å². The molecule has 1 aliphatic carbocycles. The molecule has 236 valence electrons. The lowest BCUT2D eigenvalue weighted by atomic mass is 9.82. The highest BCUT2D eigenvalue weighted by Crippen LogP contribution is 2.31. The highest BCUT2D eigenvalue weighted by atomic mass is 16.6. The summed E-state index contributed by atoms with van der Waals surface area (Å²) in [6.45, 7) is 6.39. The molecule has 3 rings (SSSR count). The Balaban J connectivity index is 1.90. The number of fused-ring (bicyclic) bond motifs is 1. The number of hydrogen-bond acceptors (Lipinski definition) is 7. The molecule has 1 aromatic carbocycles. The van der Waals surface area contributed by atoms with Crippen LogP contribution in [-0.4, -0.2) is 75.8 Å². The van der Waals surface area contributed by atoms with E-state index in [0.29, 0.717) is 6.42 Å². The third-order valence-corrected chi connectivity index (χ3v) is 7.73. The molecule has 43 heavy (non-hydrogen) atoms. The number of hydrogen-bond donors (Lipinski definition) is 4. The van der Waals surface area contributed by atoms with Gasteiger partial charge < -0.3 is 30.7 Å². The molecule has 1 heterocycles. The molecule has 1 aromatic rings. The van der Waals surface area contributed by atoms with Crippen molar-refractivity contribution >= 4 is 35.6 Å². The van der Waals surface area contributed by atoms with Crippen LogP contribution in [0.2, 0.25) is 0 Å². The minimum absolute atomic E-state index is 0.123. The van der Waals surface area contributed by atoms with Crippen molar-refractivity contribution in [2.24, 2.45) is 5.92 Å². The molecule has 0 bridgehead atoms. The van der Waals surface area contributed by atoms with Crippen LogP contribution in [0.15, 0.2) is 24.3 Å². The van der Waals surface area contributed by atoms with Crippen LogP contribution >= 0.6 is 0 Å². The van der Waals surface area contributed by atoms with Gasteiger partial charge in [-0.1, -0.05) is 56.9 Å². The van der Waals surface area contributed by atoms with Gasteiger partial charge in [0.1, 0.15) is 24.2 Å². The maximum Gasteiger partial charge on any atom is 0.408 e. The SMILES string of the molecule is CCCC(NC(=O)[C@@H]1Cc2ccccc2CN1C(=O)[C@@H](NC(=O)OC(C)(C)C)C1CCCCC1)C(=O)C(=O)NCC(=O)O. The Bertz CT molecular complexity index is 1200. The summed E-state index contributed by atoms with van der Waals surface area (Å²) < 4.78 is 5.48. The van der Waals surface area contributed by atoms with Crippen LogP contribution in [0.4, 0.5) is 4.79 Å². The standard InChI is InChI=1S/C31H44N4O8/c1-5-11-22(26(38)28(40)32-17-24(36)37)33-27(39)23-16-20-14-9-10-15-21(20)18-35(23)29(41)25(19-12-7-6-8-13-19)34-30(42)43-31(2,3)4/h9-10,14-15,19,22-23,25H,5-8,11-13,16-18H2,1-4H3,(H,32,40)(H,33,39)(H,34,42)(H,36,37)/t22?,23-,25-/m0/s1. The minimum atomic E-state index is -1.31. The zero-order valence-electron chi connectivity index (χ0n) is 25.4. The van der Waals surface area contributed by atoms with Crippen LogP contribution in [-0.2, 0) is 41.7 Å². The van der Waals surface area contributed by atoms with E-state index < -0.39 is 65.8 Å². The van der Waals surface area contributed by atoms with Gasteiger partial charge >= 0.3 is 12.1 Å². The summed E-state index contributed by atoms with van der Waals surface area (Å²) in [5.74, 6) is -4.54. The van der Waals surface area contributed by atoms with E-state index in [2.05, 4.69) is 10.6 Å². The average Bonchev–Trinajstić information content (AvgIpc) is 2.96. The summed E-state index contributed by atoms with van der Waals surface area (Å²) in [6.07, 6.45) is 4.43. The molecule has 0 spiro atoms. The summed E-state index contributed by atoms with van der Waals surface area (Å²) >= 11 is 0. The predicted octanol–water partition coefficient (Wildman–Crippen LogP) is 2.47. The lowest BCUT2D eigenvalue weighted by Crippen LogP contribution is -2.61. The lowest BCUT2D eigenvalue weighted by Gasteiger charge is -2.40. The molecule has 4 amide bonds. The van der Waals surface area contributed by atoms with Gasteiger partial charge in [0.2, 0.25) is 17.6 Å². The zero-order chi connectivity index (χ0) is 31.7. The Morgan fingerprint density at radius 3 is 2.26 bits per heavy atom. The zero-order valence-corrected chi connectivity index (χ0v) is 25.4. The van der Waals surface area contributed by atoms with Crippen molar-refractivity contribution in [3.63, 3.8) is 0 Å². The minimum Gasteiger partial charge on any atom is -0.480 e. The monoisotopic (exact) mass is 600 g/mol. The maximum absolute atomic E-state index is 14.3. The van der Waals surface area contributed by atoms with Gasteiger partial charge in [-0.15, -0.1) is 0 Å². The van der Waals surface area contributed by atoms with Crippen molar-refractivity contribution in [1.29, 1.82) is 0 Å². The Labute approximate surface area is 252 Å². The van der Waals surface area contributed by atoms with Crippen LogP contribution in [0.5, 0.6) is 0 Å². The molecular formula is C31H44N4O8. The summed E-state index contributed by atoms with van der Waals surface area (Å²) in [6, 6.07) is 4.34. The number of nitrogens with zero attached hydrogens (tertiary/aromatic N) is 1. The molecule has 12 heteroatoms. The van der Waals surface area contributed by atoms with E-state index in [4.69, 9.17) is 9.84 Å². The lowest BCUT2D eigenvalue weighted by molar-refractivity contribution is -0.146. The number of carbonyl (C=O) groups excluding carboxylic acids is 5. The molecule has 0 saturated heterocycles. The number of aliphatic carboxylic acids is 1. The van der Waals surface area contributed by atoms with Crippen LogP contribution in [0, 0.1) is 5.92 Å². The molecule has 2 aliphatic rings. The fourth-order valence-corrected chi connectivity index (χ4v) is 5.68. The van der Waals surface area contributed by atoms with Gasteiger partial charge in [0.25, 0.3) is 5.91 Å². The highest BCUT2D eigenvalue weighted by Gasteiger charge is 2.42. The first-order chi connectivity index (χ1) is 20.3. The molecular weight excluding hydrogens is 556 g/mol. The number of carbonyl (C=O) groups is 6. The number of benzene rings is 1. The third kappa shape index (κ3) is 9.52. The van der Waals surface area contributed by atoms with E-state index in [-0.39, 0.29) is 25.3 Å². The summed E-state index contributed by atoms with van der Waals surface area (Å²) in [7, 11) is 0. The van der Waals surface area contributed by atoms with Crippen LogP contribution < -0.4 is 16.0 Å². The number of nitrogens with one attached hydrogen (secondary N) is 3. The molecule has 0 radical (unpaired) electrons. The second-order valence-corrected chi connectivity index (χ2v) is 12.3. The number of ketones is 1. The predicted molar refractivity (Wildman–Crippen MR) is 157 cm³/mol. The maximum atomic E-state index is 14.3. The molecule has 3 atom stereocenters. The van der Waals surface area contributed by atoms with Gasteiger partial charge in [-0.25, -0.2) is 4.79 Å². The molecule has 4 N–H and O–H groups in total. The van der Waals surface area contributed by atoms with Gasteiger partial charge in [-0.3, -0.25) is 24.0 Å². The second kappa shape index (κ2) is 15.0. The number of carboxylic acids is 1. The van der Waals surface area contributed by atoms with E-state index in [0.717, 1.165) is 43.2 Å². The van der Waals surface area contributed by atoms with Crippen molar-refractivity contribution < 1.29 is 38.6 Å². The van der Waals surface area contributed by atoms with Crippen molar-refractivity contribution in [3.05, 3.63) is 35.4 Å². The third-order valence-electron chi connectivity index (χ3n) is 7.73. The Hall–Kier alpha value is -3.96. The number of amides is 4. The fraction of sp³-hybridized carbons (Fsp3) is 0.613. The Kier molecular flexibility index (Phi) is 11.7. The van der Waals surface area contributed by atoms with E-state index in [1.54, 1.807) is 27.7 Å². The van der Waals surface area contributed by atoms with Crippen molar-refractivity contribution in [2.75, 3.05) is 6.54 Å². The first-order valence-corrected chi connectivity index (χ1v) is 15.0. The van der Waals surface area contributed by atoms with Gasteiger partial charge in [-0.05, 0) is 57.1 Å². The number of rotatable bonds is 11. The van der Waals surface area contributed by atoms with Crippen molar-refractivity contribution in [2.45, 2.75) is 109 Å². The van der Waals surface area contributed by atoms with E-state index in [1.807, 2.05) is 29.6 Å². The molecule has 1 fully saturated rings. The number of carboxylic acid groups (broad SMARTS) is 1. The Morgan fingerprint density at radius 2 is 1.65 bits per heavy atom. The number of alkyl carbamates (subject to hydrolysis) is 1. The molecule has 1 aliphatic heterocycles. The number of ether oxygens (including phenoxy) is 1. The smallest absolute Gasteiger partial charge is 0.408 e. The second-order valence-electron chi connectivity index (χ2n) is 12.3. The molecule has 1 unspecified atom stereocenters. The Morgan fingerprint density at radius 1 is 1.00 bits per heavy atom.